The van der Waals surface area contributed by atoms with Crippen molar-refractivity contribution in [1.82, 2.24) is 0 Å². The number of para-hydroxylation sites is 1. The molecule has 2 aromatic carbocycles. The van der Waals surface area contributed by atoms with Gasteiger partial charge >= 0.3 is 11.6 Å². The molecule has 0 fully saturated rings. The third-order valence-corrected chi connectivity index (χ3v) is 3.44. The Bertz CT molecular complexity index is 906. The number of carboxylic acids is 1. The monoisotopic (exact) mass is 280 g/mol. The topological polar surface area (TPSA) is 67.5 Å². The summed E-state index contributed by atoms with van der Waals surface area (Å²) in [6.07, 6.45) is 0. The highest BCUT2D eigenvalue weighted by atomic mass is 16.4. The van der Waals surface area contributed by atoms with Crippen molar-refractivity contribution >= 4 is 16.9 Å². The van der Waals surface area contributed by atoms with Gasteiger partial charge in [0.15, 0.2) is 5.56 Å². The Kier molecular flexibility index (Phi) is 3.06. The number of fused-ring (bicyclic) bond motifs is 1. The van der Waals surface area contributed by atoms with Gasteiger partial charge in [-0.25, -0.2) is 9.59 Å². The lowest BCUT2D eigenvalue weighted by molar-refractivity contribution is 0.0693. The first-order chi connectivity index (χ1) is 10.1. The van der Waals surface area contributed by atoms with Gasteiger partial charge in [-0.1, -0.05) is 42.5 Å². The van der Waals surface area contributed by atoms with Gasteiger partial charge in [-0.15, -0.1) is 0 Å². The molecule has 0 spiro atoms. The molecule has 0 atom stereocenters. The van der Waals surface area contributed by atoms with Crippen molar-refractivity contribution in [2.75, 3.05) is 0 Å². The van der Waals surface area contributed by atoms with Crippen molar-refractivity contribution in [3.63, 3.8) is 0 Å². The Morgan fingerprint density at radius 2 is 1.71 bits per heavy atom. The minimum atomic E-state index is -1.28. The fourth-order valence-electron chi connectivity index (χ4n) is 2.48. The Hall–Kier alpha value is -2.88. The SMILES string of the molecule is Cc1ccccc1-c1c(C(=O)O)c(=O)oc2ccccc12. The third-order valence-electron chi connectivity index (χ3n) is 3.44. The summed E-state index contributed by atoms with van der Waals surface area (Å²) in [4.78, 5) is 23.5. The van der Waals surface area contributed by atoms with E-state index in [4.69, 9.17) is 4.42 Å². The number of hydrogen-bond donors (Lipinski definition) is 1. The van der Waals surface area contributed by atoms with Crippen molar-refractivity contribution in [3.8, 4) is 11.1 Å². The molecular weight excluding hydrogens is 268 g/mol. The van der Waals surface area contributed by atoms with Crippen LogP contribution in [0.3, 0.4) is 0 Å². The minimum absolute atomic E-state index is 0.331. The molecule has 4 heteroatoms. The number of aromatic carboxylic acids is 1. The molecular formula is C17H12O4. The van der Waals surface area contributed by atoms with E-state index >= 15 is 0 Å². The molecule has 0 aliphatic heterocycles. The number of aryl methyl sites for hydroxylation is 1. The molecule has 0 aliphatic carbocycles. The quantitative estimate of drug-likeness (QED) is 0.730. The second kappa shape index (κ2) is 4.90. The molecule has 4 nitrogen and oxygen atoms in total. The van der Waals surface area contributed by atoms with Gasteiger partial charge in [0.2, 0.25) is 0 Å². The predicted molar refractivity (Wildman–Crippen MR) is 79.6 cm³/mol. The van der Waals surface area contributed by atoms with Crippen LogP contribution in [0.15, 0.2) is 57.7 Å². The normalized spacial score (nSPS) is 10.7. The van der Waals surface area contributed by atoms with Gasteiger partial charge in [0.1, 0.15) is 5.58 Å². The maximum atomic E-state index is 12.0. The summed E-state index contributed by atoms with van der Waals surface area (Å²) in [6, 6.07) is 14.3. The molecule has 0 saturated carbocycles. The highest BCUT2D eigenvalue weighted by Crippen LogP contribution is 2.32. The number of benzene rings is 2. The molecule has 0 radical (unpaired) electrons. The number of hydrogen-bond acceptors (Lipinski definition) is 3. The Labute approximate surface area is 120 Å². The molecule has 0 unspecified atom stereocenters. The van der Waals surface area contributed by atoms with Gasteiger partial charge in [0.05, 0.1) is 0 Å². The predicted octanol–water partition coefficient (Wildman–Crippen LogP) is 3.47. The van der Waals surface area contributed by atoms with Crippen LogP contribution in [-0.4, -0.2) is 11.1 Å². The lowest BCUT2D eigenvalue weighted by Crippen LogP contribution is -2.16. The summed E-state index contributed by atoms with van der Waals surface area (Å²) in [5.41, 5.74) is 1.25. The number of carbonyl (C=O) groups is 1. The van der Waals surface area contributed by atoms with E-state index in [9.17, 15) is 14.7 Å². The molecule has 1 heterocycles. The summed E-state index contributed by atoms with van der Waals surface area (Å²) >= 11 is 0. The van der Waals surface area contributed by atoms with Crippen LogP contribution in [0.4, 0.5) is 0 Å². The Balaban J connectivity index is 2.55. The van der Waals surface area contributed by atoms with Crippen molar-refractivity contribution in [1.29, 1.82) is 0 Å². The first-order valence-corrected chi connectivity index (χ1v) is 6.44. The second-order valence-corrected chi connectivity index (χ2v) is 4.76. The number of carboxylic acid groups (broad SMARTS) is 1. The summed E-state index contributed by atoms with van der Waals surface area (Å²) in [7, 11) is 0. The zero-order chi connectivity index (χ0) is 15.0. The van der Waals surface area contributed by atoms with E-state index in [1.165, 1.54) is 0 Å². The Morgan fingerprint density at radius 1 is 1.05 bits per heavy atom. The van der Waals surface area contributed by atoms with Crippen molar-refractivity contribution in [2.24, 2.45) is 0 Å². The van der Waals surface area contributed by atoms with Gasteiger partial charge < -0.3 is 9.52 Å². The first kappa shape index (κ1) is 13.1. The highest BCUT2D eigenvalue weighted by molar-refractivity contribution is 6.05. The number of rotatable bonds is 2. The zero-order valence-electron chi connectivity index (χ0n) is 11.3. The van der Waals surface area contributed by atoms with Crippen LogP contribution in [0, 0.1) is 6.92 Å². The lowest BCUT2D eigenvalue weighted by atomic mass is 9.94. The van der Waals surface area contributed by atoms with Crippen LogP contribution < -0.4 is 5.63 Å². The molecule has 104 valence electrons. The van der Waals surface area contributed by atoms with Crippen LogP contribution >= 0.6 is 0 Å². The lowest BCUT2D eigenvalue weighted by Gasteiger charge is -2.11. The third kappa shape index (κ3) is 2.10. The van der Waals surface area contributed by atoms with Crippen LogP contribution in [0.1, 0.15) is 15.9 Å². The van der Waals surface area contributed by atoms with Crippen LogP contribution in [-0.2, 0) is 0 Å². The van der Waals surface area contributed by atoms with E-state index in [-0.39, 0.29) is 5.56 Å². The van der Waals surface area contributed by atoms with Crippen LogP contribution in [0.25, 0.3) is 22.1 Å². The first-order valence-electron chi connectivity index (χ1n) is 6.44. The molecule has 21 heavy (non-hydrogen) atoms. The largest absolute Gasteiger partial charge is 0.477 e. The molecule has 3 aromatic rings. The van der Waals surface area contributed by atoms with Gasteiger partial charge in [-0.3, -0.25) is 0 Å². The van der Waals surface area contributed by atoms with Gasteiger partial charge in [-0.2, -0.15) is 0 Å². The summed E-state index contributed by atoms with van der Waals surface area (Å²) in [5, 5.41) is 10.0. The summed E-state index contributed by atoms with van der Waals surface area (Å²) in [5.74, 6) is -1.28. The van der Waals surface area contributed by atoms with Gasteiger partial charge in [0, 0.05) is 10.9 Å². The van der Waals surface area contributed by atoms with Crippen molar-refractivity contribution in [3.05, 3.63) is 70.1 Å². The van der Waals surface area contributed by atoms with Crippen LogP contribution in [0.2, 0.25) is 0 Å². The summed E-state index contributed by atoms with van der Waals surface area (Å²) in [6.45, 7) is 1.88. The van der Waals surface area contributed by atoms with E-state index in [2.05, 4.69) is 0 Å². The Morgan fingerprint density at radius 3 is 2.43 bits per heavy atom. The maximum absolute atomic E-state index is 12.0. The van der Waals surface area contributed by atoms with E-state index in [1.807, 2.05) is 31.2 Å². The molecule has 1 aromatic heterocycles. The van der Waals surface area contributed by atoms with Gasteiger partial charge in [-0.05, 0) is 24.1 Å². The minimum Gasteiger partial charge on any atom is -0.477 e. The van der Waals surface area contributed by atoms with Crippen molar-refractivity contribution < 1.29 is 14.3 Å². The van der Waals surface area contributed by atoms with Gasteiger partial charge in [0.25, 0.3) is 0 Å². The molecule has 0 bridgehead atoms. The molecule has 1 N–H and O–H groups in total. The molecule has 0 aliphatic rings. The molecule has 0 amide bonds. The maximum Gasteiger partial charge on any atom is 0.351 e. The van der Waals surface area contributed by atoms with E-state index in [0.29, 0.717) is 16.5 Å². The van der Waals surface area contributed by atoms with Crippen LogP contribution in [0.5, 0.6) is 0 Å². The van der Waals surface area contributed by atoms with E-state index in [0.717, 1.165) is 11.1 Å². The van der Waals surface area contributed by atoms with Crippen molar-refractivity contribution in [2.45, 2.75) is 6.92 Å². The molecule has 0 saturated heterocycles. The van der Waals surface area contributed by atoms with E-state index < -0.39 is 11.6 Å². The van der Waals surface area contributed by atoms with E-state index in [1.54, 1.807) is 24.3 Å². The fraction of sp³-hybridized carbons (Fsp3) is 0.0588. The average Bonchev–Trinajstić information content (AvgIpc) is 2.46. The summed E-state index contributed by atoms with van der Waals surface area (Å²) < 4.78 is 5.12. The second-order valence-electron chi connectivity index (χ2n) is 4.76. The zero-order valence-corrected chi connectivity index (χ0v) is 11.3. The molecule has 3 rings (SSSR count). The standard InChI is InChI=1S/C17H12O4/c1-10-6-2-3-7-11(10)14-12-8-4-5-9-13(12)21-17(20)15(14)16(18)19/h2-9H,1H3,(H,18,19). The fourth-order valence-corrected chi connectivity index (χ4v) is 2.48. The average molecular weight is 280 g/mol. The smallest absolute Gasteiger partial charge is 0.351 e. The highest BCUT2D eigenvalue weighted by Gasteiger charge is 2.22.